The highest BCUT2D eigenvalue weighted by atomic mass is 16.5. The highest BCUT2D eigenvalue weighted by Crippen LogP contribution is 2.50. The number of rotatable bonds is 4. The Morgan fingerprint density at radius 3 is 2.91 bits per heavy atom. The summed E-state index contributed by atoms with van der Waals surface area (Å²) >= 11 is 0. The maximum Gasteiger partial charge on any atom is 0.313 e. The van der Waals surface area contributed by atoms with E-state index in [-0.39, 0.29) is 11.4 Å². The van der Waals surface area contributed by atoms with Crippen LogP contribution in [0.15, 0.2) is 0 Å². The van der Waals surface area contributed by atoms with Gasteiger partial charge >= 0.3 is 5.97 Å². The fourth-order valence-electron chi connectivity index (χ4n) is 4.39. The van der Waals surface area contributed by atoms with Gasteiger partial charge in [-0.05, 0) is 25.7 Å². The fourth-order valence-corrected chi connectivity index (χ4v) is 4.39. The molecule has 0 amide bonds. The van der Waals surface area contributed by atoms with Crippen LogP contribution < -0.4 is 4.74 Å². The third kappa shape index (κ3) is 2.20. The first-order chi connectivity index (χ1) is 10.5. The van der Waals surface area contributed by atoms with Crippen LogP contribution in [0.5, 0.6) is 5.88 Å². The van der Waals surface area contributed by atoms with Gasteiger partial charge in [0.05, 0.1) is 30.9 Å². The topological polar surface area (TPSA) is 56.6 Å². The zero-order chi connectivity index (χ0) is 15.9. The summed E-state index contributed by atoms with van der Waals surface area (Å²) in [6.07, 6.45) is 3.20. The molecule has 1 aliphatic carbocycles. The molecule has 2 unspecified atom stereocenters. The molecule has 22 heavy (non-hydrogen) atoms. The molecular weight excluding hydrogens is 282 g/mol. The van der Waals surface area contributed by atoms with Crippen molar-refractivity contribution < 1.29 is 14.3 Å². The number of likely N-dealkylation sites (tertiary alicyclic amines) is 1. The number of nitrogens with zero attached hydrogens (tertiary/aromatic N) is 3. The van der Waals surface area contributed by atoms with Crippen molar-refractivity contribution in [2.75, 3.05) is 27.3 Å². The van der Waals surface area contributed by atoms with E-state index in [2.05, 4.69) is 10.00 Å². The van der Waals surface area contributed by atoms with E-state index in [1.54, 1.807) is 11.8 Å². The number of aryl methyl sites for hydroxylation is 2. The van der Waals surface area contributed by atoms with Crippen molar-refractivity contribution in [2.24, 2.45) is 18.4 Å². The first kappa shape index (κ1) is 15.3. The molecule has 6 nitrogen and oxygen atoms in total. The summed E-state index contributed by atoms with van der Waals surface area (Å²) in [7, 11) is 5.07. The van der Waals surface area contributed by atoms with Crippen LogP contribution in [0.1, 0.15) is 30.5 Å². The van der Waals surface area contributed by atoms with Crippen LogP contribution in [0.4, 0.5) is 0 Å². The first-order valence-electron chi connectivity index (χ1n) is 7.89. The lowest BCUT2D eigenvalue weighted by atomic mass is 9.81. The second-order valence-corrected chi connectivity index (χ2v) is 6.60. The first-order valence-corrected chi connectivity index (χ1v) is 7.89. The lowest BCUT2D eigenvalue weighted by Gasteiger charge is -2.25. The van der Waals surface area contributed by atoms with E-state index in [1.807, 2.05) is 14.0 Å². The summed E-state index contributed by atoms with van der Waals surface area (Å²) in [5.41, 5.74) is 1.81. The van der Waals surface area contributed by atoms with Gasteiger partial charge in [-0.25, -0.2) is 4.68 Å². The molecule has 2 aliphatic rings. The van der Waals surface area contributed by atoms with E-state index in [1.165, 1.54) is 7.11 Å². The average molecular weight is 307 g/mol. The Bertz CT molecular complexity index is 583. The van der Waals surface area contributed by atoms with Crippen LogP contribution in [-0.2, 0) is 23.1 Å². The standard InChI is InChI=1S/C16H25N3O3/c1-11-13(14(21-3)18(2)17-11)9-19-8-12-6-5-7-16(12,10-19)15(20)22-4/h12H,5-10H2,1-4H3. The lowest BCUT2D eigenvalue weighted by molar-refractivity contribution is -0.153. The highest BCUT2D eigenvalue weighted by molar-refractivity contribution is 5.78. The molecule has 2 heterocycles. The number of carbonyl (C=O) groups is 1. The van der Waals surface area contributed by atoms with Gasteiger partial charge in [-0.3, -0.25) is 9.69 Å². The molecule has 122 valence electrons. The Balaban J connectivity index is 1.80. The SMILES string of the molecule is COC(=O)C12CCCC1CN(Cc1c(C)nn(C)c1OC)C2. The van der Waals surface area contributed by atoms with Gasteiger partial charge in [0.1, 0.15) is 0 Å². The van der Waals surface area contributed by atoms with E-state index in [0.717, 1.165) is 56.0 Å². The highest BCUT2D eigenvalue weighted by Gasteiger charge is 2.55. The second kappa shape index (κ2) is 5.57. The van der Waals surface area contributed by atoms with Crippen LogP contribution in [0.2, 0.25) is 0 Å². The third-order valence-corrected chi connectivity index (χ3v) is 5.40. The molecular formula is C16H25N3O3. The summed E-state index contributed by atoms with van der Waals surface area (Å²) in [6, 6.07) is 0. The number of ether oxygens (including phenoxy) is 2. The minimum absolute atomic E-state index is 0.0348. The summed E-state index contributed by atoms with van der Waals surface area (Å²) < 4.78 is 12.4. The van der Waals surface area contributed by atoms with E-state index in [9.17, 15) is 4.79 Å². The summed E-state index contributed by atoms with van der Waals surface area (Å²) in [5.74, 6) is 1.19. The fraction of sp³-hybridized carbons (Fsp3) is 0.750. The molecule has 1 aromatic rings. The summed E-state index contributed by atoms with van der Waals surface area (Å²) in [5, 5.41) is 4.44. The number of hydrogen-bond donors (Lipinski definition) is 0. The van der Waals surface area contributed by atoms with Crippen molar-refractivity contribution in [1.29, 1.82) is 0 Å². The number of hydrogen-bond acceptors (Lipinski definition) is 5. The number of aromatic nitrogens is 2. The van der Waals surface area contributed by atoms with E-state index in [0.29, 0.717) is 5.92 Å². The zero-order valence-corrected chi connectivity index (χ0v) is 13.9. The Labute approximate surface area is 131 Å². The zero-order valence-electron chi connectivity index (χ0n) is 13.9. The van der Waals surface area contributed by atoms with Gasteiger partial charge in [0.25, 0.3) is 0 Å². The molecule has 0 radical (unpaired) electrons. The van der Waals surface area contributed by atoms with Crippen molar-refractivity contribution in [3.63, 3.8) is 0 Å². The van der Waals surface area contributed by atoms with Crippen LogP contribution >= 0.6 is 0 Å². The molecule has 2 atom stereocenters. The largest absolute Gasteiger partial charge is 0.481 e. The summed E-state index contributed by atoms with van der Waals surface area (Å²) in [4.78, 5) is 14.7. The monoisotopic (exact) mass is 307 g/mol. The van der Waals surface area contributed by atoms with Crippen molar-refractivity contribution >= 4 is 5.97 Å². The maximum atomic E-state index is 12.3. The molecule has 3 rings (SSSR count). The minimum Gasteiger partial charge on any atom is -0.481 e. The van der Waals surface area contributed by atoms with Crippen molar-refractivity contribution in [1.82, 2.24) is 14.7 Å². The summed E-state index contributed by atoms with van der Waals surface area (Å²) in [6.45, 7) is 4.51. The number of fused-ring (bicyclic) bond motifs is 1. The van der Waals surface area contributed by atoms with Crippen LogP contribution in [-0.4, -0.2) is 48.0 Å². The van der Waals surface area contributed by atoms with Gasteiger partial charge in [0, 0.05) is 26.7 Å². The quantitative estimate of drug-likeness (QED) is 0.789. The van der Waals surface area contributed by atoms with Crippen LogP contribution in [0.3, 0.4) is 0 Å². The van der Waals surface area contributed by atoms with Gasteiger partial charge < -0.3 is 9.47 Å². The smallest absolute Gasteiger partial charge is 0.313 e. The molecule has 0 aromatic carbocycles. The Hall–Kier alpha value is -1.56. The molecule has 6 heteroatoms. The van der Waals surface area contributed by atoms with Crippen molar-refractivity contribution in [2.45, 2.75) is 32.7 Å². The van der Waals surface area contributed by atoms with Gasteiger partial charge in [-0.1, -0.05) is 6.42 Å². The minimum atomic E-state index is -0.294. The third-order valence-electron chi connectivity index (χ3n) is 5.40. The second-order valence-electron chi connectivity index (χ2n) is 6.60. The normalized spacial score (nSPS) is 27.9. The Morgan fingerprint density at radius 1 is 1.45 bits per heavy atom. The maximum absolute atomic E-state index is 12.3. The lowest BCUT2D eigenvalue weighted by Crippen LogP contribution is -2.36. The molecule has 1 aliphatic heterocycles. The van der Waals surface area contributed by atoms with Crippen LogP contribution in [0, 0.1) is 18.3 Å². The average Bonchev–Trinajstić information content (AvgIpc) is 3.10. The Morgan fingerprint density at radius 2 is 2.23 bits per heavy atom. The molecule has 2 fully saturated rings. The van der Waals surface area contributed by atoms with Crippen LogP contribution in [0.25, 0.3) is 0 Å². The van der Waals surface area contributed by atoms with Crippen molar-refractivity contribution in [3.8, 4) is 5.88 Å². The predicted octanol–water partition coefficient (Wildman–Crippen LogP) is 1.51. The molecule has 1 saturated carbocycles. The molecule has 0 N–H and O–H groups in total. The predicted molar refractivity (Wildman–Crippen MR) is 81.6 cm³/mol. The van der Waals surface area contributed by atoms with Gasteiger partial charge in [-0.2, -0.15) is 5.10 Å². The van der Waals surface area contributed by atoms with Gasteiger partial charge in [0.2, 0.25) is 5.88 Å². The van der Waals surface area contributed by atoms with E-state index < -0.39 is 0 Å². The molecule has 0 spiro atoms. The Kier molecular flexibility index (Phi) is 3.89. The molecule has 1 aromatic heterocycles. The van der Waals surface area contributed by atoms with Gasteiger partial charge in [0.15, 0.2) is 0 Å². The van der Waals surface area contributed by atoms with Gasteiger partial charge in [-0.15, -0.1) is 0 Å². The molecule has 1 saturated heterocycles. The number of carbonyl (C=O) groups excluding carboxylic acids is 1. The van der Waals surface area contributed by atoms with E-state index >= 15 is 0 Å². The molecule has 0 bridgehead atoms. The van der Waals surface area contributed by atoms with Crippen molar-refractivity contribution in [3.05, 3.63) is 11.3 Å². The van der Waals surface area contributed by atoms with E-state index in [4.69, 9.17) is 9.47 Å². The number of esters is 1. The number of methoxy groups -OCH3 is 2.